The fourth-order valence-corrected chi connectivity index (χ4v) is 6.16. The molecule has 0 N–H and O–H groups in total. The highest BCUT2D eigenvalue weighted by Gasteiger charge is 2.27. The molecule has 8 heteroatoms. The third kappa shape index (κ3) is 5.91. The molecular weight excluding hydrogens is 364 g/mol. The van der Waals surface area contributed by atoms with Gasteiger partial charge in [-0.05, 0) is 0 Å². The minimum absolute atomic E-state index is 0.184. The van der Waals surface area contributed by atoms with E-state index >= 15 is 0 Å². The molecule has 0 aliphatic heterocycles. The Bertz CT molecular complexity index is 881. The number of sulfone groups is 2. The number of carbonyl (C=O) groups is 2. The first-order chi connectivity index (χ1) is 11.7. The number of benzene rings is 2. The highest BCUT2D eigenvalue weighted by molar-refractivity contribution is 8.08. The van der Waals surface area contributed by atoms with Gasteiger partial charge in [-0.15, -0.1) is 0 Å². The average molecular weight is 380 g/mol. The van der Waals surface area contributed by atoms with Gasteiger partial charge >= 0.3 is 0 Å². The molecule has 6 nitrogen and oxygen atoms in total. The molecule has 0 aliphatic rings. The maximum Gasteiger partial charge on any atom is 0.177 e. The third-order valence-corrected chi connectivity index (χ3v) is 7.53. The van der Waals surface area contributed by atoms with E-state index in [0.29, 0.717) is 0 Å². The number of hydrogen-bond acceptors (Lipinski definition) is 6. The Balaban J connectivity index is 2.06. The summed E-state index contributed by atoms with van der Waals surface area (Å²) in [5.41, 5.74) is 0.368. The van der Waals surface area contributed by atoms with E-state index in [1.54, 1.807) is 36.4 Å². The number of hydrogen-bond donors (Lipinski definition) is 0. The first kappa shape index (κ1) is 19.0. The molecule has 2 rings (SSSR count). The number of Topliss-reactive ketones (excluding diaryl/α,β-unsaturated/α-hetero) is 2. The van der Waals surface area contributed by atoms with Crippen LogP contribution in [0.3, 0.4) is 0 Å². The summed E-state index contributed by atoms with van der Waals surface area (Å²) < 4.78 is 48.1. The monoisotopic (exact) mass is 380 g/mol. The van der Waals surface area contributed by atoms with Crippen LogP contribution in [0.5, 0.6) is 0 Å². The molecule has 0 spiro atoms. The quantitative estimate of drug-likeness (QED) is 0.644. The molecule has 0 aliphatic carbocycles. The van der Waals surface area contributed by atoms with Crippen LogP contribution in [0, 0.1) is 0 Å². The van der Waals surface area contributed by atoms with Crippen LogP contribution in [0.4, 0.5) is 0 Å². The van der Waals surface area contributed by atoms with Crippen LogP contribution in [-0.4, -0.2) is 45.0 Å². The largest absolute Gasteiger partial charge is 0.293 e. The predicted octanol–water partition coefficient (Wildman–Crippen LogP) is 1.54. The molecule has 0 amide bonds. The lowest BCUT2D eigenvalue weighted by Gasteiger charge is -2.06. The van der Waals surface area contributed by atoms with Crippen LogP contribution in [0.25, 0.3) is 0 Å². The maximum atomic E-state index is 12.0. The Morgan fingerprint density at radius 3 is 1.24 bits per heavy atom. The highest BCUT2D eigenvalue weighted by atomic mass is 32.3. The zero-order chi connectivity index (χ0) is 18.5. The molecule has 0 bridgehead atoms. The zero-order valence-corrected chi connectivity index (χ0v) is 14.8. The van der Waals surface area contributed by atoms with Crippen molar-refractivity contribution in [3.05, 3.63) is 71.8 Å². The Hall–Kier alpha value is -2.32. The van der Waals surface area contributed by atoms with Crippen LogP contribution < -0.4 is 0 Å². The highest BCUT2D eigenvalue weighted by Crippen LogP contribution is 2.08. The fourth-order valence-electron chi connectivity index (χ4n) is 2.17. The van der Waals surface area contributed by atoms with Crippen LogP contribution in [-0.2, 0) is 19.7 Å². The number of ketones is 2. The first-order valence-corrected chi connectivity index (χ1v) is 10.9. The van der Waals surface area contributed by atoms with Crippen molar-refractivity contribution >= 4 is 31.2 Å². The van der Waals surface area contributed by atoms with Gasteiger partial charge in [0, 0.05) is 11.1 Å². The Labute approximate surface area is 146 Å². The Morgan fingerprint density at radius 1 is 0.600 bits per heavy atom. The SMILES string of the molecule is O=C(CS(=O)(=O)CS(=O)(=O)CC(=O)c1ccccc1)c1ccccc1. The van der Waals surface area contributed by atoms with Gasteiger partial charge in [-0.1, -0.05) is 60.7 Å². The average Bonchev–Trinajstić information content (AvgIpc) is 2.54. The lowest BCUT2D eigenvalue weighted by molar-refractivity contribution is 0.101. The summed E-state index contributed by atoms with van der Waals surface area (Å²) >= 11 is 0. The van der Waals surface area contributed by atoms with E-state index < -0.39 is 47.8 Å². The van der Waals surface area contributed by atoms with Crippen molar-refractivity contribution in [2.75, 3.05) is 16.6 Å². The molecule has 25 heavy (non-hydrogen) atoms. The molecule has 0 radical (unpaired) electrons. The van der Waals surface area contributed by atoms with E-state index in [-0.39, 0.29) is 11.1 Å². The summed E-state index contributed by atoms with van der Waals surface area (Å²) in [6, 6.07) is 15.5. The minimum Gasteiger partial charge on any atom is -0.293 e. The van der Waals surface area contributed by atoms with Crippen LogP contribution in [0.1, 0.15) is 20.7 Å². The summed E-state index contributed by atoms with van der Waals surface area (Å²) in [6.07, 6.45) is 0. The van der Waals surface area contributed by atoms with E-state index in [4.69, 9.17) is 0 Å². The van der Waals surface area contributed by atoms with Crippen LogP contribution in [0.2, 0.25) is 0 Å². The van der Waals surface area contributed by atoms with Gasteiger partial charge in [-0.3, -0.25) is 9.59 Å². The second-order valence-corrected chi connectivity index (χ2v) is 9.97. The molecular formula is C17H16O6S2. The maximum absolute atomic E-state index is 12.0. The molecule has 0 saturated heterocycles. The second kappa shape index (κ2) is 7.71. The van der Waals surface area contributed by atoms with E-state index in [0.717, 1.165) is 0 Å². The second-order valence-electron chi connectivity index (χ2n) is 5.47. The molecule has 0 saturated carbocycles. The van der Waals surface area contributed by atoms with Crippen LogP contribution >= 0.6 is 0 Å². The van der Waals surface area contributed by atoms with Gasteiger partial charge in [0.05, 0.1) is 0 Å². The predicted molar refractivity (Wildman–Crippen MR) is 94.0 cm³/mol. The molecule has 0 heterocycles. The number of carbonyl (C=O) groups excluding carboxylic acids is 2. The van der Waals surface area contributed by atoms with Crippen molar-refractivity contribution in [1.29, 1.82) is 0 Å². The summed E-state index contributed by atoms with van der Waals surface area (Å²) in [6.45, 7) is 0. The molecule has 0 atom stereocenters. The molecule has 132 valence electrons. The summed E-state index contributed by atoms with van der Waals surface area (Å²) in [4.78, 5) is 23.9. The van der Waals surface area contributed by atoms with Crippen molar-refractivity contribution in [2.45, 2.75) is 0 Å². The standard InChI is InChI=1S/C17H16O6S2/c18-16(14-7-3-1-4-8-14)11-24(20,21)13-25(22,23)12-17(19)15-9-5-2-6-10-15/h1-10H,11-13H2. The van der Waals surface area contributed by atoms with Crippen LogP contribution in [0.15, 0.2) is 60.7 Å². The first-order valence-electron chi connectivity index (χ1n) is 7.26. The third-order valence-electron chi connectivity index (χ3n) is 3.25. The minimum atomic E-state index is -4.20. The molecule has 2 aromatic rings. The van der Waals surface area contributed by atoms with Crippen molar-refractivity contribution < 1.29 is 26.4 Å². The van der Waals surface area contributed by atoms with E-state index in [2.05, 4.69) is 0 Å². The van der Waals surface area contributed by atoms with Gasteiger partial charge in [0.1, 0.15) is 11.5 Å². The molecule has 0 aromatic heterocycles. The van der Waals surface area contributed by atoms with Crippen molar-refractivity contribution in [2.24, 2.45) is 0 Å². The van der Waals surface area contributed by atoms with E-state index in [1.807, 2.05) is 0 Å². The fraction of sp³-hybridized carbons (Fsp3) is 0.176. The Kier molecular flexibility index (Phi) is 5.86. The normalized spacial score (nSPS) is 11.8. The van der Waals surface area contributed by atoms with Gasteiger partial charge < -0.3 is 0 Å². The summed E-state index contributed by atoms with van der Waals surface area (Å²) in [5, 5.41) is -1.24. The van der Waals surface area contributed by atoms with E-state index in [1.165, 1.54) is 24.3 Å². The van der Waals surface area contributed by atoms with Crippen molar-refractivity contribution in [1.82, 2.24) is 0 Å². The molecule has 0 unspecified atom stereocenters. The smallest absolute Gasteiger partial charge is 0.177 e. The Morgan fingerprint density at radius 2 is 0.920 bits per heavy atom. The number of rotatable bonds is 8. The van der Waals surface area contributed by atoms with Gasteiger partial charge in [0.25, 0.3) is 0 Å². The topological polar surface area (TPSA) is 102 Å². The summed E-state index contributed by atoms with van der Waals surface area (Å²) in [7, 11) is -8.41. The summed E-state index contributed by atoms with van der Waals surface area (Å²) in [5.74, 6) is -3.22. The van der Waals surface area contributed by atoms with Crippen molar-refractivity contribution in [3.8, 4) is 0 Å². The zero-order valence-electron chi connectivity index (χ0n) is 13.2. The van der Waals surface area contributed by atoms with Gasteiger partial charge in [-0.25, -0.2) is 16.8 Å². The molecule has 2 aromatic carbocycles. The van der Waals surface area contributed by atoms with Crippen molar-refractivity contribution in [3.63, 3.8) is 0 Å². The lowest BCUT2D eigenvalue weighted by atomic mass is 10.2. The van der Waals surface area contributed by atoms with Gasteiger partial charge in [0.15, 0.2) is 36.3 Å². The van der Waals surface area contributed by atoms with E-state index in [9.17, 15) is 26.4 Å². The van der Waals surface area contributed by atoms with Gasteiger partial charge in [0.2, 0.25) is 0 Å². The van der Waals surface area contributed by atoms with Gasteiger partial charge in [-0.2, -0.15) is 0 Å². The molecule has 0 fully saturated rings. The lowest BCUT2D eigenvalue weighted by Crippen LogP contribution is -2.28.